The van der Waals surface area contributed by atoms with Gasteiger partial charge in [0, 0.05) is 10.4 Å². The van der Waals surface area contributed by atoms with Crippen LogP contribution in [0.5, 0.6) is 5.75 Å². The molecule has 4 aromatic rings. The molecule has 0 aliphatic carbocycles. The second kappa shape index (κ2) is 8.94. The summed E-state index contributed by atoms with van der Waals surface area (Å²) < 4.78 is 6.27. The van der Waals surface area contributed by atoms with Gasteiger partial charge in [0.2, 0.25) is 0 Å². The molecule has 1 aliphatic heterocycles. The number of thiophene rings is 1. The molecule has 1 amide bonds. The molecule has 0 saturated carbocycles. The third kappa shape index (κ3) is 3.92. The van der Waals surface area contributed by atoms with E-state index < -0.39 is 17.7 Å². The number of nitrogens with zero attached hydrogens (tertiary/aromatic N) is 2. The molecule has 8 heteroatoms. The average Bonchev–Trinajstić information content (AvgIpc) is 3.56. The minimum absolute atomic E-state index is 0.0594. The summed E-state index contributed by atoms with van der Waals surface area (Å²) >= 11 is 2.80. The van der Waals surface area contributed by atoms with Crippen LogP contribution in [-0.4, -0.2) is 28.9 Å². The lowest BCUT2D eigenvalue weighted by Crippen LogP contribution is -2.28. The Morgan fingerprint density at radius 3 is 2.60 bits per heavy atom. The number of ketones is 1. The molecule has 0 spiro atoms. The van der Waals surface area contributed by atoms with Gasteiger partial charge in [0.15, 0.2) is 5.13 Å². The number of Topliss-reactive ketones (excluding diaryl/α,β-unsaturated/α-hetero) is 1. The Morgan fingerprint density at radius 1 is 1.14 bits per heavy atom. The molecule has 3 heterocycles. The molecule has 35 heavy (non-hydrogen) atoms. The molecular weight excluding hydrogens is 480 g/mol. The number of hydrogen-bond donors (Lipinski definition) is 1. The zero-order valence-electron chi connectivity index (χ0n) is 19.7. The standard InChI is InChI=1S/C27H24N2O4S2/c1-14(2)16-7-9-18-21(13-16)35-27(28-18)29-23(20-6-5-11-34-20)22(25(31)26(29)32)24(30)17-8-10-19(33-4)15(3)12-17/h5-14,23,30H,1-4H3/b24-22+. The maximum absolute atomic E-state index is 13.4. The van der Waals surface area contributed by atoms with Crippen LogP contribution in [0.1, 0.15) is 47.4 Å². The van der Waals surface area contributed by atoms with Gasteiger partial charge in [-0.15, -0.1) is 11.3 Å². The van der Waals surface area contributed by atoms with Crippen LogP contribution in [0.4, 0.5) is 5.13 Å². The van der Waals surface area contributed by atoms with Crippen molar-refractivity contribution in [2.24, 2.45) is 0 Å². The Labute approximate surface area is 211 Å². The van der Waals surface area contributed by atoms with Crippen LogP contribution in [-0.2, 0) is 9.59 Å². The minimum atomic E-state index is -0.762. The summed E-state index contributed by atoms with van der Waals surface area (Å²) in [5, 5.41) is 13.6. The number of aliphatic hydroxyl groups is 1. The number of aromatic nitrogens is 1. The van der Waals surface area contributed by atoms with Crippen molar-refractivity contribution in [3.8, 4) is 5.75 Å². The summed E-state index contributed by atoms with van der Waals surface area (Å²) in [6.07, 6.45) is 0. The van der Waals surface area contributed by atoms with Crippen LogP contribution in [0.25, 0.3) is 16.0 Å². The van der Waals surface area contributed by atoms with E-state index in [-0.39, 0.29) is 11.3 Å². The van der Waals surface area contributed by atoms with Gasteiger partial charge in [-0.1, -0.05) is 37.3 Å². The second-order valence-electron chi connectivity index (χ2n) is 8.75. The van der Waals surface area contributed by atoms with Crippen LogP contribution in [0.15, 0.2) is 59.5 Å². The van der Waals surface area contributed by atoms with Gasteiger partial charge in [-0.2, -0.15) is 0 Å². The van der Waals surface area contributed by atoms with Crippen LogP contribution in [0, 0.1) is 6.92 Å². The van der Waals surface area contributed by atoms with Crippen molar-refractivity contribution in [2.45, 2.75) is 32.7 Å². The summed E-state index contributed by atoms with van der Waals surface area (Å²) in [5.74, 6) is -0.599. The Balaban J connectivity index is 1.67. The van der Waals surface area contributed by atoms with Gasteiger partial charge < -0.3 is 9.84 Å². The monoisotopic (exact) mass is 504 g/mol. The highest BCUT2D eigenvalue weighted by Crippen LogP contribution is 2.45. The van der Waals surface area contributed by atoms with Crippen LogP contribution in [0.2, 0.25) is 0 Å². The summed E-state index contributed by atoms with van der Waals surface area (Å²) in [4.78, 5) is 33.6. The number of carbonyl (C=O) groups excluding carboxylic acids is 2. The quantitative estimate of drug-likeness (QED) is 0.193. The number of aryl methyl sites for hydroxylation is 1. The number of ether oxygens (including phenoxy) is 1. The van der Waals surface area contributed by atoms with Crippen molar-refractivity contribution in [1.82, 2.24) is 4.98 Å². The highest BCUT2D eigenvalue weighted by atomic mass is 32.1. The van der Waals surface area contributed by atoms with Gasteiger partial charge in [0.05, 0.1) is 22.9 Å². The number of rotatable bonds is 5. The highest BCUT2D eigenvalue weighted by Gasteiger charge is 2.48. The number of fused-ring (bicyclic) bond motifs is 1. The number of benzene rings is 2. The van der Waals surface area contributed by atoms with E-state index in [1.165, 1.54) is 33.1 Å². The molecule has 1 unspecified atom stereocenters. The molecule has 1 fully saturated rings. The van der Waals surface area contributed by atoms with Gasteiger partial charge in [0.1, 0.15) is 17.6 Å². The van der Waals surface area contributed by atoms with E-state index in [2.05, 4.69) is 19.9 Å². The van der Waals surface area contributed by atoms with Crippen molar-refractivity contribution in [3.05, 3.63) is 81.1 Å². The maximum atomic E-state index is 13.4. The Bertz CT molecular complexity index is 1480. The van der Waals surface area contributed by atoms with Gasteiger partial charge in [-0.25, -0.2) is 4.98 Å². The molecule has 1 atom stereocenters. The first-order valence-electron chi connectivity index (χ1n) is 11.2. The zero-order chi connectivity index (χ0) is 24.9. The van der Waals surface area contributed by atoms with Crippen LogP contribution in [0.3, 0.4) is 0 Å². The van der Waals surface area contributed by atoms with Gasteiger partial charge in [-0.3, -0.25) is 14.5 Å². The molecule has 1 aliphatic rings. The van der Waals surface area contributed by atoms with E-state index in [4.69, 9.17) is 9.72 Å². The first kappa shape index (κ1) is 23.3. The molecule has 178 valence electrons. The lowest BCUT2D eigenvalue weighted by Gasteiger charge is -2.21. The summed E-state index contributed by atoms with van der Waals surface area (Å²) in [7, 11) is 1.58. The van der Waals surface area contributed by atoms with Crippen molar-refractivity contribution in [1.29, 1.82) is 0 Å². The van der Waals surface area contributed by atoms with E-state index in [9.17, 15) is 14.7 Å². The summed E-state index contributed by atoms with van der Waals surface area (Å²) in [6.45, 7) is 6.11. The van der Waals surface area contributed by atoms with Crippen molar-refractivity contribution >= 4 is 55.5 Å². The minimum Gasteiger partial charge on any atom is -0.507 e. The van der Waals surface area contributed by atoms with E-state index in [1.807, 2.05) is 36.6 Å². The van der Waals surface area contributed by atoms with Crippen LogP contribution >= 0.6 is 22.7 Å². The molecular formula is C27H24N2O4S2. The lowest BCUT2D eigenvalue weighted by molar-refractivity contribution is -0.132. The highest BCUT2D eigenvalue weighted by molar-refractivity contribution is 7.22. The first-order valence-corrected chi connectivity index (χ1v) is 12.9. The third-order valence-electron chi connectivity index (χ3n) is 6.20. The molecule has 5 rings (SSSR count). The van der Waals surface area contributed by atoms with Crippen molar-refractivity contribution in [3.63, 3.8) is 0 Å². The third-order valence-corrected chi connectivity index (χ3v) is 8.14. The van der Waals surface area contributed by atoms with Crippen molar-refractivity contribution < 1.29 is 19.4 Å². The summed E-state index contributed by atoms with van der Waals surface area (Å²) in [5.41, 5.74) is 3.27. The molecule has 6 nitrogen and oxygen atoms in total. The van der Waals surface area contributed by atoms with Gasteiger partial charge in [0.25, 0.3) is 5.78 Å². The fourth-order valence-corrected chi connectivity index (χ4v) is 6.18. The number of thiazole rings is 1. The van der Waals surface area contributed by atoms with Gasteiger partial charge >= 0.3 is 5.91 Å². The molecule has 2 aromatic carbocycles. The van der Waals surface area contributed by atoms with Crippen molar-refractivity contribution in [2.75, 3.05) is 12.0 Å². The number of hydrogen-bond acceptors (Lipinski definition) is 7. The lowest BCUT2D eigenvalue weighted by atomic mass is 9.99. The molecule has 1 N–H and O–H groups in total. The zero-order valence-corrected chi connectivity index (χ0v) is 21.4. The number of carbonyl (C=O) groups is 2. The molecule has 0 bridgehead atoms. The van der Waals surface area contributed by atoms with Gasteiger partial charge in [-0.05, 0) is 65.7 Å². The molecule has 0 radical (unpaired) electrons. The Kier molecular flexibility index (Phi) is 5.94. The fourth-order valence-electron chi connectivity index (χ4n) is 4.32. The number of anilines is 1. The topological polar surface area (TPSA) is 79.7 Å². The predicted octanol–water partition coefficient (Wildman–Crippen LogP) is 6.42. The fraction of sp³-hybridized carbons (Fsp3) is 0.222. The molecule has 2 aromatic heterocycles. The first-order chi connectivity index (χ1) is 16.8. The number of methoxy groups -OCH3 is 1. The van der Waals surface area contributed by atoms with E-state index in [1.54, 1.807) is 25.3 Å². The van der Waals surface area contributed by atoms with E-state index in [0.717, 1.165) is 20.7 Å². The SMILES string of the molecule is COc1ccc(/C(O)=C2\C(=O)C(=O)N(c3nc4ccc(C(C)C)cc4s3)C2c2cccs2)cc1C. The summed E-state index contributed by atoms with van der Waals surface area (Å²) in [6, 6.07) is 14.2. The molecule has 1 saturated heterocycles. The maximum Gasteiger partial charge on any atom is 0.301 e. The Morgan fingerprint density at radius 2 is 1.94 bits per heavy atom. The van der Waals surface area contributed by atoms with E-state index in [0.29, 0.717) is 22.4 Å². The van der Waals surface area contributed by atoms with Crippen LogP contribution < -0.4 is 9.64 Å². The number of amides is 1. The second-order valence-corrected chi connectivity index (χ2v) is 10.7. The predicted molar refractivity (Wildman–Crippen MR) is 141 cm³/mol. The normalized spacial score (nSPS) is 17.6. The smallest absolute Gasteiger partial charge is 0.301 e. The Hall–Kier alpha value is -3.49. The number of aliphatic hydroxyl groups excluding tert-OH is 1. The largest absolute Gasteiger partial charge is 0.507 e. The van der Waals surface area contributed by atoms with E-state index >= 15 is 0 Å². The average molecular weight is 505 g/mol.